The highest BCUT2D eigenvalue weighted by Crippen LogP contribution is 2.28. The van der Waals surface area contributed by atoms with Crippen LogP contribution >= 0.6 is 0 Å². The fourth-order valence-corrected chi connectivity index (χ4v) is 5.04. The van der Waals surface area contributed by atoms with Crippen LogP contribution in [0, 0.1) is 12.3 Å². The molecule has 0 bridgehead atoms. The first-order chi connectivity index (χ1) is 19.6. The molecule has 0 aliphatic heterocycles. The maximum absolute atomic E-state index is 12.8. The number of aromatic nitrogens is 3. The van der Waals surface area contributed by atoms with Crippen molar-refractivity contribution >= 4 is 5.91 Å². The van der Waals surface area contributed by atoms with E-state index in [1.54, 1.807) is 19.2 Å². The van der Waals surface area contributed by atoms with Crippen molar-refractivity contribution in [2.75, 3.05) is 33.4 Å². The van der Waals surface area contributed by atoms with Crippen molar-refractivity contribution in [3.05, 3.63) is 47.3 Å². The number of nitrogens with zero attached hydrogens (tertiary/aromatic N) is 4. The predicted octanol–water partition coefficient (Wildman–Crippen LogP) is 5.43. The number of terminal acetylenes is 1. The lowest BCUT2D eigenvalue weighted by Gasteiger charge is -2.33. The van der Waals surface area contributed by atoms with Crippen LogP contribution in [0.1, 0.15) is 87.7 Å². The van der Waals surface area contributed by atoms with E-state index in [0.29, 0.717) is 36.3 Å². The molecule has 2 aromatic rings. The topological polar surface area (TPSA) is 81.5 Å². The van der Waals surface area contributed by atoms with Crippen LogP contribution in [0.5, 0.6) is 11.5 Å². The summed E-state index contributed by atoms with van der Waals surface area (Å²) in [6.45, 7) is 8.62. The lowest BCUT2D eigenvalue weighted by atomic mass is 9.94. The molecule has 0 saturated carbocycles. The van der Waals surface area contributed by atoms with Crippen LogP contribution in [0.3, 0.4) is 0 Å². The van der Waals surface area contributed by atoms with Gasteiger partial charge in [0.2, 0.25) is 0 Å². The molecule has 1 amide bonds. The van der Waals surface area contributed by atoms with Crippen molar-refractivity contribution < 1.29 is 14.3 Å². The molecule has 1 heterocycles. The Hall–Kier alpha value is -3.31. The molecule has 1 atom stereocenters. The van der Waals surface area contributed by atoms with Crippen LogP contribution in [-0.4, -0.2) is 65.2 Å². The van der Waals surface area contributed by atoms with E-state index >= 15 is 0 Å². The second-order valence-corrected chi connectivity index (χ2v) is 10.4. The van der Waals surface area contributed by atoms with Crippen LogP contribution < -0.4 is 14.8 Å². The summed E-state index contributed by atoms with van der Waals surface area (Å²) in [5.41, 5.74) is 2.69. The number of carbonyl (C=O) groups excluding carboxylic acids is 1. The number of carbonyl (C=O) groups is 1. The molecule has 0 spiro atoms. The number of unbranched alkanes of at least 4 members (excludes halogenated alkanes) is 2. The molecule has 40 heavy (non-hydrogen) atoms. The molecular formula is C32H47N5O3. The van der Waals surface area contributed by atoms with Crippen molar-refractivity contribution in [1.82, 2.24) is 25.2 Å². The van der Waals surface area contributed by atoms with Gasteiger partial charge in [-0.15, -0.1) is 11.5 Å². The van der Waals surface area contributed by atoms with Crippen LogP contribution in [0.15, 0.2) is 36.0 Å². The second kappa shape index (κ2) is 17.4. The highest BCUT2D eigenvalue weighted by atomic mass is 16.5. The van der Waals surface area contributed by atoms with Gasteiger partial charge in [0.05, 0.1) is 19.4 Å². The van der Waals surface area contributed by atoms with E-state index in [1.165, 1.54) is 0 Å². The molecule has 0 fully saturated rings. The average molecular weight is 550 g/mol. The smallest absolute Gasteiger partial charge is 0.251 e. The van der Waals surface area contributed by atoms with E-state index in [9.17, 15) is 4.79 Å². The van der Waals surface area contributed by atoms with Crippen molar-refractivity contribution in [2.45, 2.75) is 90.6 Å². The van der Waals surface area contributed by atoms with Gasteiger partial charge < -0.3 is 19.7 Å². The molecule has 1 aromatic carbocycles. The van der Waals surface area contributed by atoms with Gasteiger partial charge in [-0.05, 0) is 94.6 Å². The summed E-state index contributed by atoms with van der Waals surface area (Å²) < 4.78 is 13.4. The number of aryl methyl sites for hydroxylation is 2. The molecule has 1 N–H and O–H groups in total. The number of benzene rings is 1. The van der Waals surface area contributed by atoms with E-state index in [2.05, 4.69) is 46.4 Å². The van der Waals surface area contributed by atoms with Crippen LogP contribution in [0.25, 0.3) is 0 Å². The number of nitrogens with one attached hydrogen (secondary N) is 1. The first kappa shape index (κ1) is 31.2. The summed E-state index contributed by atoms with van der Waals surface area (Å²) in [7, 11) is 1.59. The van der Waals surface area contributed by atoms with Crippen molar-refractivity contribution in [1.29, 1.82) is 0 Å². The number of amides is 1. The van der Waals surface area contributed by atoms with Gasteiger partial charge in [0.1, 0.15) is 0 Å². The maximum atomic E-state index is 12.8. The summed E-state index contributed by atoms with van der Waals surface area (Å²) in [5.74, 6) is 3.89. The first-order valence-electron chi connectivity index (χ1n) is 15.0. The molecule has 8 heteroatoms. The normalized spacial score (nSPS) is 15.0. The number of hydrogen-bond donors (Lipinski definition) is 1. The summed E-state index contributed by atoms with van der Waals surface area (Å²) in [6.07, 6.45) is 20.0. The van der Waals surface area contributed by atoms with Gasteiger partial charge >= 0.3 is 0 Å². The Morgan fingerprint density at radius 1 is 1.18 bits per heavy atom. The Kier molecular flexibility index (Phi) is 13.6. The lowest BCUT2D eigenvalue weighted by Crippen LogP contribution is -2.38. The third-order valence-corrected chi connectivity index (χ3v) is 7.34. The predicted molar refractivity (Wildman–Crippen MR) is 160 cm³/mol. The Bertz CT molecular complexity index is 1120. The molecule has 218 valence electrons. The van der Waals surface area contributed by atoms with Gasteiger partial charge in [-0.2, -0.15) is 0 Å². The number of rotatable bonds is 18. The van der Waals surface area contributed by atoms with Crippen LogP contribution in [-0.2, 0) is 13.0 Å². The number of allylic oxidation sites excluding steroid dienone is 1. The molecular weight excluding hydrogens is 502 g/mol. The fourth-order valence-electron chi connectivity index (χ4n) is 5.04. The Balaban J connectivity index is 1.37. The Labute approximate surface area is 240 Å². The van der Waals surface area contributed by atoms with E-state index in [-0.39, 0.29) is 5.91 Å². The van der Waals surface area contributed by atoms with Crippen LogP contribution in [0.2, 0.25) is 0 Å². The Morgan fingerprint density at radius 2 is 2.05 bits per heavy atom. The van der Waals surface area contributed by atoms with Crippen molar-refractivity contribution in [3.63, 3.8) is 0 Å². The standard InChI is InChI=1S/C32H47N5O3/c1-5-8-22-37-25-28(34-35-37)12-11-23-40-30-18-15-27(24-31(30)39-4)32(38)33-19-9-10-21-36(20-6-2)29-16-13-26(7-3)14-17-29/h3,13,15,18,24-25,29H,5-6,8-12,14,16-17,19-23H2,1-2,4H3,(H,33,38)/t29-/m0/s1. The highest BCUT2D eigenvalue weighted by molar-refractivity contribution is 5.94. The zero-order valence-electron chi connectivity index (χ0n) is 24.7. The molecule has 0 saturated heterocycles. The summed E-state index contributed by atoms with van der Waals surface area (Å²) in [5, 5.41) is 11.5. The van der Waals surface area contributed by atoms with E-state index in [0.717, 1.165) is 95.1 Å². The molecule has 3 rings (SSSR count). The largest absolute Gasteiger partial charge is 0.493 e. The quantitative estimate of drug-likeness (QED) is 0.197. The van der Waals surface area contributed by atoms with Gasteiger partial charge in [-0.1, -0.05) is 37.5 Å². The average Bonchev–Trinajstić information content (AvgIpc) is 3.45. The van der Waals surface area contributed by atoms with Gasteiger partial charge in [-0.3, -0.25) is 9.48 Å². The van der Waals surface area contributed by atoms with Gasteiger partial charge in [0.15, 0.2) is 11.5 Å². The van der Waals surface area contributed by atoms with Gasteiger partial charge in [0, 0.05) is 30.9 Å². The van der Waals surface area contributed by atoms with E-state index in [4.69, 9.17) is 15.9 Å². The van der Waals surface area contributed by atoms with Crippen molar-refractivity contribution in [2.24, 2.45) is 0 Å². The monoisotopic (exact) mass is 549 g/mol. The maximum Gasteiger partial charge on any atom is 0.251 e. The molecule has 1 aliphatic carbocycles. The van der Waals surface area contributed by atoms with E-state index < -0.39 is 0 Å². The van der Waals surface area contributed by atoms with Gasteiger partial charge in [-0.25, -0.2) is 0 Å². The first-order valence-corrected chi connectivity index (χ1v) is 15.0. The minimum absolute atomic E-state index is 0.0966. The summed E-state index contributed by atoms with van der Waals surface area (Å²) in [6, 6.07) is 5.91. The molecule has 8 nitrogen and oxygen atoms in total. The number of methoxy groups -OCH3 is 1. The van der Waals surface area contributed by atoms with Crippen LogP contribution in [0.4, 0.5) is 0 Å². The second-order valence-electron chi connectivity index (χ2n) is 10.4. The number of hydrogen-bond acceptors (Lipinski definition) is 6. The third-order valence-electron chi connectivity index (χ3n) is 7.34. The lowest BCUT2D eigenvalue weighted by molar-refractivity contribution is 0.0951. The third kappa shape index (κ3) is 10.0. The summed E-state index contributed by atoms with van der Waals surface area (Å²) in [4.78, 5) is 15.3. The highest BCUT2D eigenvalue weighted by Gasteiger charge is 2.20. The van der Waals surface area contributed by atoms with Gasteiger partial charge in [0.25, 0.3) is 5.91 Å². The minimum atomic E-state index is -0.0966. The molecule has 1 aliphatic rings. The minimum Gasteiger partial charge on any atom is -0.493 e. The van der Waals surface area contributed by atoms with Crippen molar-refractivity contribution in [3.8, 4) is 23.8 Å². The zero-order valence-corrected chi connectivity index (χ0v) is 24.7. The Morgan fingerprint density at radius 3 is 2.77 bits per heavy atom. The molecule has 0 unspecified atom stereocenters. The number of ether oxygens (including phenoxy) is 2. The molecule has 1 aromatic heterocycles. The molecule has 0 radical (unpaired) electrons. The van der Waals surface area contributed by atoms with E-state index in [1.807, 2.05) is 16.9 Å². The fraction of sp³-hybridized carbons (Fsp3) is 0.594. The zero-order chi connectivity index (χ0) is 28.6. The summed E-state index contributed by atoms with van der Waals surface area (Å²) >= 11 is 0. The SMILES string of the molecule is C#CC1=CC[C@H](N(CCC)CCCCNC(=O)c2ccc(OCCCc3cn(CCCC)nn3)c(OC)c2)CC1.